The SMILES string of the molecule is CC(CCN)c1ccc2c(c1Cl)OCCCO2. The standard InChI is InChI=1S/C13H18ClNO2/c1-9(5-6-15)10-3-4-11-13(12(10)14)17-8-2-7-16-11/h3-4,9H,2,5-8,15H2,1H3. The average Bonchev–Trinajstić information content (AvgIpc) is 2.55. The fraction of sp³-hybridized carbons (Fsp3) is 0.538. The molecule has 0 bridgehead atoms. The molecule has 0 spiro atoms. The van der Waals surface area contributed by atoms with E-state index in [2.05, 4.69) is 6.92 Å². The largest absolute Gasteiger partial charge is 0.490 e. The lowest BCUT2D eigenvalue weighted by Gasteiger charge is -2.16. The molecular formula is C13H18ClNO2. The number of rotatable bonds is 3. The highest BCUT2D eigenvalue weighted by Gasteiger charge is 2.19. The Hall–Kier alpha value is -0.930. The summed E-state index contributed by atoms with van der Waals surface area (Å²) in [6, 6.07) is 3.95. The topological polar surface area (TPSA) is 44.5 Å². The summed E-state index contributed by atoms with van der Waals surface area (Å²) < 4.78 is 11.2. The van der Waals surface area contributed by atoms with Crippen LogP contribution in [-0.2, 0) is 0 Å². The summed E-state index contributed by atoms with van der Waals surface area (Å²) in [5, 5.41) is 0.672. The van der Waals surface area contributed by atoms with Crippen LogP contribution in [0.3, 0.4) is 0 Å². The lowest BCUT2D eigenvalue weighted by atomic mass is 9.97. The van der Waals surface area contributed by atoms with E-state index >= 15 is 0 Å². The Morgan fingerprint density at radius 3 is 2.88 bits per heavy atom. The van der Waals surface area contributed by atoms with Crippen molar-refractivity contribution >= 4 is 11.6 Å². The van der Waals surface area contributed by atoms with Crippen LogP contribution in [0, 0.1) is 0 Å². The summed E-state index contributed by atoms with van der Waals surface area (Å²) in [6.45, 7) is 4.12. The Labute approximate surface area is 107 Å². The highest BCUT2D eigenvalue weighted by Crippen LogP contribution is 2.41. The Bertz CT molecular complexity index is 395. The second-order valence-electron chi connectivity index (χ2n) is 4.32. The Morgan fingerprint density at radius 2 is 2.12 bits per heavy atom. The number of ether oxygens (including phenoxy) is 2. The Kier molecular flexibility index (Phi) is 4.13. The predicted molar refractivity (Wildman–Crippen MR) is 69.1 cm³/mol. The quantitative estimate of drug-likeness (QED) is 0.903. The van der Waals surface area contributed by atoms with E-state index in [9.17, 15) is 0 Å². The molecule has 1 aliphatic heterocycles. The van der Waals surface area contributed by atoms with Crippen molar-refractivity contribution < 1.29 is 9.47 Å². The van der Waals surface area contributed by atoms with Crippen LogP contribution in [0.4, 0.5) is 0 Å². The maximum atomic E-state index is 6.38. The molecule has 0 radical (unpaired) electrons. The van der Waals surface area contributed by atoms with Crippen LogP contribution < -0.4 is 15.2 Å². The molecule has 1 aliphatic rings. The van der Waals surface area contributed by atoms with Crippen molar-refractivity contribution in [3.8, 4) is 11.5 Å². The number of hydrogen-bond donors (Lipinski definition) is 1. The van der Waals surface area contributed by atoms with Gasteiger partial charge in [-0.3, -0.25) is 0 Å². The molecule has 2 rings (SSSR count). The maximum Gasteiger partial charge on any atom is 0.180 e. The molecule has 3 nitrogen and oxygen atoms in total. The monoisotopic (exact) mass is 255 g/mol. The lowest BCUT2D eigenvalue weighted by molar-refractivity contribution is 0.297. The number of fused-ring (bicyclic) bond motifs is 1. The fourth-order valence-electron chi connectivity index (χ4n) is 2.00. The van der Waals surface area contributed by atoms with Gasteiger partial charge in [-0.15, -0.1) is 0 Å². The van der Waals surface area contributed by atoms with Gasteiger partial charge in [-0.05, 0) is 30.5 Å². The van der Waals surface area contributed by atoms with Gasteiger partial charge in [-0.25, -0.2) is 0 Å². The minimum atomic E-state index is 0.338. The molecule has 1 aromatic carbocycles. The van der Waals surface area contributed by atoms with Crippen LogP contribution in [0.5, 0.6) is 11.5 Å². The molecule has 94 valence electrons. The number of hydrogen-bond acceptors (Lipinski definition) is 3. The molecule has 0 fully saturated rings. The van der Waals surface area contributed by atoms with Crippen molar-refractivity contribution in [3.63, 3.8) is 0 Å². The summed E-state index contributed by atoms with van der Waals surface area (Å²) in [6.07, 6.45) is 1.80. The molecule has 1 unspecified atom stereocenters. The van der Waals surface area contributed by atoms with Crippen molar-refractivity contribution in [2.45, 2.75) is 25.7 Å². The molecular weight excluding hydrogens is 238 g/mol. The van der Waals surface area contributed by atoms with Gasteiger partial charge in [0.05, 0.1) is 18.2 Å². The first-order valence-corrected chi connectivity index (χ1v) is 6.40. The predicted octanol–water partition coefficient (Wildman–Crippen LogP) is 2.95. The molecule has 17 heavy (non-hydrogen) atoms. The second kappa shape index (κ2) is 5.61. The molecule has 0 saturated carbocycles. The minimum absolute atomic E-state index is 0.338. The van der Waals surface area contributed by atoms with E-state index in [0.717, 1.165) is 24.2 Å². The molecule has 1 heterocycles. The average molecular weight is 256 g/mol. The van der Waals surface area contributed by atoms with Gasteiger partial charge in [-0.1, -0.05) is 24.6 Å². The van der Waals surface area contributed by atoms with E-state index in [1.54, 1.807) is 0 Å². The van der Waals surface area contributed by atoms with Crippen LogP contribution in [0.25, 0.3) is 0 Å². The smallest absolute Gasteiger partial charge is 0.180 e. The van der Waals surface area contributed by atoms with Crippen LogP contribution in [0.1, 0.15) is 31.2 Å². The van der Waals surface area contributed by atoms with Gasteiger partial charge < -0.3 is 15.2 Å². The van der Waals surface area contributed by atoms with Crippen molar-refractivity contribution in [1.82, 2.24) is 0 Å². The van der Waals surface area contributed by atoms with E-state index < -0.39 is 0 Å². The molecule has 0 amide bonds. The van der Waals surface area contributed by atoms with Gasteiger partial charge in [0.15, 0.2) is 11.5 Å². The molecule has 1 atom stereocenters. The van der Waals surface area contributed by atoms with Gasteiger partial charge in [0.2, 0.25) is 0 Å². The first kappa shape index (κ1) is 12.5. The fourth-order valence-corrected chi connectivity index (χ4v) is 2.40. The third-order valence-electron chi connectivity index (χ3n) is 3.01. The van der Waals surface area contributed by atoms with E-state index in [1.807, 2.05) is 12.1 Å². The molecule has 0 saturated heterocycles. The van der Waals surface area contributed by atoms with Gasteiger partial charge in [0.1, 0.15) is 0 Å². The molecule has 1 aromatic rings. The highest BCUT2D eigenvalue weighted by atomic mass is 35.5. The third-order valence-corrected chi connectivity index (χ3v) is 3.40. The molecule has 0 aliphatic carbocycles. The zero-order valence-corrected chi connectivity index (χ0v) is 10.8. The summed E-state index contributed by atoms with van der Waals surface area (Å²) in [7, 11) is 0. The van der Waals surface area contributed by atoms with Gasteiger partial charge in [0.25, 0.3) is 0 Å². The number of nitrogens with two attached hydrogens (primary N) is 1. The van der Waals surface area contributed by atoms with Crippen LogP contribution in [0.2, 0.25) is 5.02 Å². The lowest BCUT2D eigenvalue weighted by Crippen LogP contribution is -2.05. The van der Waals surface area contributed by atoms with Crippen LogP contribution >= 0.6 is 11.6 Å². The van der Waals surface area contributed by atoms with E-state index in [1.165, 1.54) is 0 Å². The van der Waals surface area contributed by atoms with E-state index in [-0.39, 0.29) is 0 Å². The summed E-state index contributed by atoms with van der Waals surface area (Å²) in [5.74, 6) is 1.77. The normalized spacial score (nSPS) is 16.4. The Balaban J connectivity index is 2.33. The van der Waals surface area contributed by atoms with Crippen LogP contribution in [-0.4, -0.2) is 19.8 Å². The number of benzene rings is 1. The minimum Gasteiger partial charge on any atom is -0.490 e. The maximum absolute atomic E-state index is 6.38. The number of halogens is 1. The first-order valence-electron chi connectivity index (χ1n) is 6.02. The molecule has 0 aromatic heterocycles. The molecule has 2 N–H and O–H groups in total. The van der Waals surface area contributed by atoms with E-state index in [4.69, 9.17) is 26.8 Å². The van der Waals surface area contributed by atoms with Crippen LogP contribution in [0.15, 0.2) is 12.1 Å². The van der Waals surface area contributed by atoms with Gasteiger partial charge in [0, 0.05) is 6.42 Å². The Morgan fingerprint density at radius 1 is 1.35 bits per heavy atom. The zero-order valence-electron chi connectivity index (χ0n) is 10.0. The second-order valence-corrected chi connectivity index (χ2v) is 4.70. The third kappa shape index (κ3) is 2.67. The van der Waals surface area contributed by atoms with Gasteiger partial charge >= 0.3 is 0 Å². The summed E-state index contributed by atoms with van der Waals surface area (Å²) >= 11 is 6.38. The zero-order chi connectivity index (χ0) is 12.3. The van der Waals surface area contributed by atoms with Crippen molar-refractivity contribution in [2.75, 3.05) is 19.8 Å². The van der Waals surface area contributed by atoms with Crippen molar-refractivity contribution in [3.05, 3.63) is 22.7 Å². The summed E-state index contributed by atoms with van der Waals surface area (Å²) in [4.78, 5) is 0. The molecule has 4 heteroatoms. The van der Waals surface area contributed by atoms with Gasteiger partial charge in [-0.2, -0.15) is 0 Å². The highest BCUT2D eigenvalue weighted by molar-refractivity contribution is 6.33. The van der Waals surface area contributed by atoms with Crippen molar-refractivity contribution in [2.24, 2.45) is 5.73 Å². The summed E-state index contributed by atoms with van der Waals surface area (Å²) in [5.41, 5.74) is 6.67. The first-order chi connectivity index (χ1) is 8.24. The van der Waals surface area contributed by atoms with Crippen molar-refractivity contribution in [1.29, 1.82) is 0 Å². The van der Waals surface area contributed by atoms with E-state index in [0.29, 0.717) is 36.4 Å².